The standard InChI is InChI=1S/C17H22N2/c1-13-4-3-9-17(18,10-7-13)16-6-2-5-14-8-11-19-12-15(14)16/h2,5-6,8,11-13H,3-4,7,9-10,18H2,1H3. The van der Waals surface area contributed by atoms with Gasteiger partial charge in [0, 0.05) is 23.3 Å². The Kier molecular flexibility index (Phi) is 3.28. The summed E-state index contributed by atoms with van der Waals surface area (Å²) in [5.74, 6) is 0.804. The van der Waals surface area contributed by atoms with Gasteiger partial charge in [0.2, 0.25) is 0 Å². The van der Waals surface area contributed by atoms with Crippen LogP contribution in [0, 0.1) is 5.92 Å². The van der Waals surface area contributed by atoms with E-state index in [1.807, 2.05) is 12.4 Å². The molecule has 1 aromatic carbocycles. The lowest BCUT2D eigenvalue weighted by Crippen LogP contribution is -2.36. The summed E-state index contributed by atoms with van der Waals surface area (Å²) in [6.45, 7) is 2.34. The van der Waals surface area contributed by atoms with Gasteiger partial charge >= 0.3 is 0 Å². The molecule has 0 aliphatic heterocycles. The van der Waals surface area contributed by atoms with Gasteiger partial charge in [-0.1, -0.05) is 38.0 Å². The molecular weight excluding hydrogens is 232 g/mol. The lowest BCUT2D eigenvalue weighted by molar-refractivity contribution is 0.381. The zero-order valence-corrected chi connectivity index (χ0v) is 11.6. The first-order valence-electron chi connectivity index (χ1n) is 7.31. The summed E-state index contributed by atoms with van der Waals surface area (Å²) < 4.78 is 0. The molecule has 0 spiro atoms. The molecule has 1 fully saturated rings. The van der Waals surface area contributed by atoms with Gasteiger partial charge in [-0.2, -0.15) is 0 Å². The van der Waals surface area contributed by atoms with Crippen LogP contribution in [0.3, 0.4) is 0 Å². The van der Waals surface area contributed by atoms with Gasteiger partial charge in [-0.05, 0) is 42.2 Å². The predicted molar refractivity (Wildman–Crippen MR) is 79.9 cm³/mol. The van der Waals surface area contributed by atoms with E-state index in [1.165, 1.54) is 35.6 Å². The van der Waals surface area contributed by atoms with Gasteiger partial charge in [0.1, 0.15) is 0 Å². The molecule has 2 unspecified atom stereocenters. The van der Waals surface area contributed by atoms with Crippen molar-refractivity contribution in [2.24, 2.45) is 11.7 Å². The number of pyridine rings is 1. The lowest BCUT2D eigenvalue weighted by Gasteiger charge is -2.30. The molecule has 1 aliphatic carbocycles. The van der Waals surface area contributed by atoms with Gasteiger partial charge in [0.15, 0.2) is 0 Å². The van der Waals surface area contributed by atoms with E-state index in [0.717, 1.165) is 18.8 Å². The fourth-order valence-corrected chi connectivity index (χ4v) is 3.36. The molecule has 2 aromatic rings. The Morgan fingerprint density at radius 1 is 1.21 bits per heavy atom. The van der Waals surface area contributed by atoms with Crippen LogP contribution in [0.2, 0.25) is 0 Å². The summed E-state index contributed by atoms with van der Waals surface area (Å²) in [5.41, 5.74) is 7.89. The minimum atomic E-state index is -0.173. The Hall–Kier alpha value is -1.41. The summed E-state index contributed by atoms with van der Waals surface area (Å²) >= 11 is 0. The largest absolute Gasteiger partial charge is 0.321 e. The molecule has 2 nitrogen and oxygen atoms in total. The van der Waals surface area contributed by atoms with E-state index in [-0.39, 0.29) is 5.54 Å². The van der Waals surface area contributed by atoms with E-state index in [1.54, 1.807) is 0 Å². The monoisotopic (exact) mass is 254 g/mol. The molecule has 2 atom stereocenters. The van der Waals surface area contributed by atoms with E-state index in [0.29, 0.717) is 0 Å². The number of nitrogens with zero attached hydrogens (tertiary/aromatic N) is 1. The number of hydrogen-bond donors (Lipinski definition) is 1. The van der Waals surface area contributed by atoms with Crippen LogP contribution in [0.15, 0.2) is 36.7 Å². The van der Waals surface area contributed by atoms with E-state index in [9.17, 15) is 0 Å². The van der Waals surface area contributed by atoms with Gasteiger partial charge in [0.05, 0.1) is 0 Å². The van der Waals surface area contributed by atoms with Crippen LogP contribution in [0.25, 0.3) is 10.8 Å². The maximum Gasteiger partial charge on any atom is 0.0416 e. The van der Waals surface area contributed by atoms with Crippen molar-refractivity contribution in [1.29, 1.82) is 0 Å². The molecule has 1 heterocycles. The first kappa shape index (κ1) is 12.6. The Labute approximate surface area is 115 Å². The lowest BCUT2D eigenvalue weighted by atomic mass is 9.81. The third kappa shape index (κ3) is 2.37. The van der Waals surface area contributed by atoms with Crippen LogP contribution in [0.5, 0.6) is 0 Å². The van der Waals surface area contributed by atoms with Crippen molar-refractivity contribution < 1.29 is 0 Å². The van der Waals surface area contributed by atoms with Crippen LogP contribution in [0.1, 0.15) is 44.6 Å². The third-order valence-corrected chi connectivity index (χ3v) is 4.62. The maximum absolute atomic E-state index is 6.78. The Morgan fingerprint density at radius 3 is 3.00 bits per heavy atom. The highest BCUT2D eigenvalue weighted by atomic mass is 14.7. The molecule has 3 rings (SSSR count). The summed E-state index contributed by atoms with van der Waals surface area (Å²) in [6, 6.07) is 8.53. The van der Waals surface area contributed by atoms with Crippen LogP contribution in [-0.2, 0) is 5.54 Å². The molecular formula is C17H22N2. The minimum Gasteiger partial charge on any atom is -0.321 e. The van der Waals surface area contributed by atoms with E-state index >= 15 is 0 Å². The summed E-state index contributed by atoms with van der Waals surface area (Å²) in [4.78, 5) is 4.28. The SMILES string of the molecule is CC1CCCC(N)(c2cccc3ccncc23)CC1. The zero-order chi connectivity index (χ0) is 13.3. The van der Waals surface area contributed by atoms with Gasteiger partial charge in [0.25, 0.3) is 0 Å². The normalized spacial score (nSPS) is 28.2. The second kappa shape index (κ2) is 4.93. The van der Waals surface area contributed by atoms with Crippen molar-refractivity contribution in [2.75, 3.05) is 0 Å². The molecule has 1 aliphatic rings. The van der Waals surface area contributed by atoms with E-state index < -0.39 is 0 Å². The number of hydrogen-bond acceptors (Lipinski definition) is 2. The highest BCUT2D eigenvalue weighted by Crippen LogP contribution is 2.38. The molecule has 0 bridgehead atoms. The van der Waals surface area contributed by atoms with Crippen LogP contribution in [-0.4, -0.2) is 4.98 Å². The Bertz CT molecular complexity index is 573. The highest BCUT2D eigenvalue weighted by molar-refractivity contribution is 5.85. The van der Waals surface area contributed by atoms with Crippen molar-refractivity contribution in [2.45, 2.75) is 44.6 Å². The predicted octanol–water partition coefficient (Wildman–Crippen LogP) is 3.99. The number of nitrogens with two attached hydrogens (primary N) is 1. The number of rotatable bonds is 1. The topological polar surface area (TPSA) is 38.9 Å². The number of benzene rings is 1. The molecule has 0 amide bonds. The molecule has 1 saturated carbocycles. The van der Waals surface area contributed by atoms with Crippen molar-refractivity contribution in [1.82, 2.24) is 4.98 Å². The fraction of sp³-hybridized carbons (Fsp3) is 0.471. The quantitative estimate of drug-likeness (QED) is 0.781. The van der Waals surface area contributed by atoms with E-state index in [4.69, 9.17) is 5.73 Å². The van der Waals surface area contributed by atoms with Gasteiger partial charge < -0.3 is 5.73 Å². The number of fused-ring (bicyclic) bond motifs is 1. The second-order valence-corrected chi connectivity index (χ2v) is 6.09. The average molecular weight is 254 g/mol. The number of aromatic nitrogens is 1. The van der Waals surface area contributed by atoms with Crippen LogP contribution in [0.4, 0.5) is 0 Å². The third-order valence-electron chi connectivity index (χ3n) is 4.62. The Balaban J connectivity index is 2.07. The first-order valence-corrected chi connectivity index (χ1v) is 7.31. The molecule has 1 aromatic heterocycles. The molecule has 0 saturated heterocycles. The average Bonchev–Trinajstić information content (AvgIpc) is 2.61. The Morgan fingerprint density at radius 2 is 2.11 bits per heavy atom. The summed E-state index contributed by atoms with van der Waals surface area (Å²) in [7, 11) is 0. The molecule has 2 heteroatoms. The van der Waals surface area contributed by atoms with Gasteiger partial charge in [-0.3, -0.25) is 4.98 Å². The second-order valence-electron chi connectivity index (χ2n) is 6.09. The smallest absolute Gasteiger partial charge is 0.0416 e. The molecule has 19 heavy (non-hydrogen) atoms. The molecule has 2 N–H and O–H groups in total. The maximum atomic E-state index is 6.78. The van der Waals surface area contributed by atoms with Crippen molar-refractivity contribution in [3.63, 3.8) is 0 Å². The highest BCUT2D eigenvalue weighted by Gasteiger charge is 2.31. The van der Waals surface area contributed by atoms with E-state index in [2.05, 4.69) is 36.2 Å². The van der Waals surface area contributed by atoms with Crippen molar-refractivity contribution >= 4 is 10.8 Å². The van der Waals surface area contributed by atoms with Crippen molar-refractivity contribution in [3.8, 4) is 0 Å². The fourth-order valence-electron chi connectivity index (χ4n) is 3.36. The van der Waals surface area contributed by atoms with Gasteiger partial charge in [-0.15, -0.1) is 0 Å². The van der Waals surface area contributed by atoms with Gasteiger partial charge in [-0.25, -0.2) is 0 Å². The van der Waals surface area contributed by atoms with Crippen molar-refractivity contribution in [3.05, 3.63) is 42.2 Å². The molecule has 100 valence electrons. The summed E-state index contributed by atoms with van der Waals surface area (Å²) in [5, 5.41) is 2.47. The summed E-state index contributed by atoms with van der Waals surface area (Å²) in [6.07, 6.45) is 9.76. The van der Waals surface area contributed by atoms with Crippen LogP contribution < -0.4 is 5.73 Å². The van der Waals surface area contributed by atoms with Crippen LogP contribution >= 0.6 is 0 Å². The zero-order valence-electron chi connectivity index (χ0n) is 11.6. The first-order chi connectivity index (χ1) is 9.19. The molecule has 0 radical (unpaired) electrons. The minimum absolute atomic E-state index is 0.173.